The third-order valence-electron chi connectivity index (χ3n) is 4.88. The van der Waals surface area contributed by atoms with E-state index in [4.69, 9.17) is 46.4 Å². The summed E-state index contributed by atoms with van der Waals surface area (Å²) in [7, 11) is 0. The summed E-state index contributed by atoms with van der Waals surface area (Å²) in [5, 5.41) is 3.85. The Morgan fingerprint density at radius 1 is 1.03 bits per heavy atom. The number of alkyl halides is 7. The quantitative estimate of drug-likeness (QED) is 0.309. The molecule has 0 spiro atoms. The molecule has 2 aromatic rings. The lowest BCUT2D eigenvalue weighted by Crippen LogP contribution is -2.33. The van der Waals surface area contributed by atoms with E-state index in [1.807, 2.05) is 0 Å². The van der Waals surface area contributed by atoms with Gasteiger partial charge in [0.1, 0.15) is 10.9 Å². The molecule has 0 bridgehead atoms. The van der Waals surface area contributed by atoms with Crippen LogP contribution in [0, 0.1) is 5.92 Å². The van der Waals surface area contributed by atoms with Crippen molar-refractivity contribution in [2.24, 2.45) is 5.92 Å². The van der Waals surface area contributed by atoms with E-state index in [0.717, 1.165) is 12.1 Å². The number of carbonyl (C=O) groups excluding carboxylic acids is 2. The van der Waals surface area contributed by atoms with Crippen LogP contribution < -0.4 is 10.6 Å². The Morgan fingerprint density at radius 2 is 1.67 bits per heavy atom. The van der Waals surface area contributed by atoms with E-state index in [0.29, 0.717) is 0 Å². The zero-order chi connectivity index (χ0) is 24.7. The minimum atomic E-state index is -4.62. The number of rotatable bonds is 6. The van der Waals surface area contributed by atoms with Crippen LogP contribution in [0.15, 0.2) is 36.4 Å². The van der Waals surface area contributed by atoms with Crippen molar-refractivity contribution in [1.29, 1.82) is 0 Å². The Kier molecular flexibility index (Phi) is 7.39. The molecule has 2 N–H and O–H groups in total. The molecule has 0 radical (unpaired) electrons. The van der Waals surface area contributed by atoms with Crippen molar-refractivity contribution < 1.29 is 31.5 Å². The highest BCUT2D eigenvalue weighted by molar-refractivity contribution is 6.53. The molecule has 2 aromatic carbocycles. The molecule has 2 amide bonds. The van der Waals surface area contributed by atoms with E-state index in [1.54, 1.807) is 5.32 Å². The van der Waals surface area contributed by atoms with Crippen LogP contribution in [0.3, 0.4) is 0 Å². The molecule has 33 heavy (non-hydrogen) atoms. The van der Waals surface area contributed by atoms with Gasteiger partial charge in [0.15, 0.2) is 0 Å². The Bertz CT molecular complexity index is 1090. The molecule has 2 unspecified atom stereocenters. The maximum absolute atomic E-state index is 13.1. The summed E-state index contributed by atoms with van der Waals surface area (Å²) in [6, 6.07) is 7.42. The Labute approximate surface area is 204 Å². The zero-order valence-corrected chi connectivity index (χ0v) is 19.1. The minimum absolute atomic E-state index is 0.0423. The average molecular weight is 550 g/mol. The van der Waals surface area contributed by atoms with Crippen molar-refractivity contribution in [2.75, 3.05) is 11.9 Å². The SMILES string of the molecule is O=C(NCC(F)(F)F)c1cc(NC(=O)C2C(c3ccc(Cl)c(C(F)F)c3)C2(Cl)Cl)ccc1Cl. The third kappa shape index (κ3) is 5.82. The van der Waals surface area contributed by atoms with Gasteiger partial charge < -0.3 is 10.6 Å². The summed E-state index contributed by atoms with van der Waals surface area (Å²) in [6.07, 6.45) is -7.47. The lowest BCUT2D eigenvalue weighted by molar-refractivity contribution is -0.123. The van der Waals surface area contributed by atoms with Crippen LogP contribution in [-0.2, 0) is 4.79 Å². The van der Waals surface area contributed by atoms with E-state index in [2.05, 4.69) is 5.32 Å². The van der Waals surface area contributed by atoms with Gasteiger partial charge in [-0.15, -0.1) is 23.2 Å². The highest BCUT2D eigenvalue weighted by atomic mass is 35.5. The van der Waals surface area contributed by atoms with Gasteiger partial charge in [0.2, 0.25) is 5.91 Å². The summed E-state index contributed by atoms with van der Waals surface area (Å²) in [6.45, 7) is -1.56. The fourth-order valence-electron chi connectivity index (χ4n) is 3.26. The lowest BCUT2D eigenvalue weighted by Gasteiger charge is -2.11. The largest absolute Gasteiger partial charge is 0.405 e. The Balaban J connectivity index is 1.76. The van der Waals surface area contributed by atoms with Gasteiger partial charge in [0.05, 0.1) is 16.5 Å². The number of amides is 2. The maximum Gasteiger partial charge on any atom is 0.405 e. The first-order valence-electron chi connectivity index (χ1n) is 9.13. The molecule has 0 aliphatic heterocycles. The van der Waals surface area contributed by atoms with Gasteiger partial charge in [-0.25, -0.2) is 8.78 Å². The van der Waals surface area contributed by atoms with E-state index >= 15 is 0 Å². The monoisotopic (exact) mass is 548 g/mol. The number of benzene rings is 2. The third-order valence-corrected chi connectivity index (χ3v) is 6.49. The number of nitrogens with one attached hydrogen (secondary N) is 2. The van der Waals surface area contributed by atoms with Gasteiger partial charge in [0.25, 0.3) is 12.3 Å². The van der Waals surface area contributed by atoms with Crippen LogP contribution in [0.1, 0.15) is 33.8 Å². The second-order valence-electron chi connectivity index (χ2n) is 7.19. The second-order valence-corrected chi connectivity index (χ2v) is 9.45. The van der Waals surface area contributed by atoms with Gasteiger partial charge >= 0.3 is 6.18 Å². The average Bonchev–Trinajstić information content (AvgIpc) is 3.29. The van der Waals surface area contributed by atoms with Crippen molar-refractivity contribution in [2.45, 2.75) is 22.9 Å². The first-order chi connectivity index (χ1) is 15.2. The summed E-state index contributed by atoms with van der Waals surface area (Å²) in [5.74, 6) is -3.65. The molecule has 1 aliphatic carbocycles. The minimum Gasteiger partial charge on any atom is -0.343 e. The number of halogens is 9. The molecule has 1 aliphatic rings. The lowest BCUT2D eigenvalue weighted by atomic mass is 10.1. The van der Waals surface area contributed by atoms with E-state index in [1.165, 1.54) is 24.3 Å². The van der Waals surface area contributed by atoms with E-state index in [9.17, 15) is 31.5 Å². The molecular formula is C20H13Cl4F5N2O2. The molecule has 3 rings (SSSR count). The zero-order valence-electron chi connectivity index (χ0n) is 16.1. The topological polar surface area (TPSA) is 58.2 Å². The highest BCUT2D eigenvalue weighted by Crippen LogP contribution is 2.65. The second kappa shape index (κ2) is 9.44. The van der Waals surface area contributed by atoms with Crippen LogP contribution in [0.2, 0.25) is 10.0 Å². The molecule has 1 fully saturated rings. The van der Waals surface area contributed by atoms with Gasteiger partial charge in [-0.05, 0) is 35.9 Å². The highest BCUT2D eigenvalue weighted by Gasteiger charge is 2.67. The predicted octanol–water partition coefficient (Wildman–Crippen LogP) is 6.75. The number of hydrogen-bond acceptors (Lipinski definition) is 2. The molecular weight excluding hydrogens is 537 g/mol. The van der Waals surface area contributed by atoms with Crippen LogP contribution >= 0.6 is 46.4 Å². The molecule has 0 aromatic heterocycles. The first kappa shape index (κ1) is 25.8. The smallest absolute Gasteiger partial charge is 0.343 e. The van der Waals surface area contributed by atoms with Crippen LogP contribution in [0.25, 0.3) is 0 Å². The van der Waals surface area contributed by atoms with Crippen LogP contribution in [-0.4, -0.2) is 28.9 Å². The molecule has 178 valence electrons. The molecule has 2 atom stereocenters. The molecule has 0 saturated heterocycles. The first-order valence-corrected chi connectivity index (χ1v) is 10.6. The number of hydrogen-bond donors (Lipinski definition) is 2. The molecule has 4 nitrogen and oxygen atoms in total. The van der Waals surface area contributed by atoms with Crippen molar-refractivity contribution in [1.82, 2.24) is 5.32 Å². The van der Waals surface area contributed by atoms with Crippen LogP contribution in [0.5, 0.6) is 0 Å². The fourth-order valence-corrected chi connectivity index (χ4v) is 4.49. The summed E-state index contributed by atoms with van der Waals surface area (Å²) in [5.41, 5.74) is -0.409. The van der Waals surface area contributed by atoms with Crippen molar-refractivity contribution in [3.8, 4) is 0 Å². The van der Waals surface area contributed by atoms with Gasteiger partial charge in [-0.2, -0.15) is 13.2 Å². The summed E-state index contributed by atoms with van der Waals surface area (Å²) >= 11 is 24.1. The molecule has 13 heteroatoms. The van der Waals surface area contributed by atoms with Gasteiger partial charge in [-0.3, -0.25) is 9.59 Å². The fraction of sp³-hybridized carbons (Fsp3) is 0.300. The van der Waals surface area contributed by atoms with Crippen molar-refractivity contribution in [3.63, 3.8) is 0 Å². The van der Waals surface area contributed by atoms with Crippen LogP contribution in [0.4, 0.5) is 27.6 Å². The Hall–Kier alpha value is -1.81. The number of anilines is 1. The molecule has 0 heterocycles. The van der Waals surface area contributed by atoms with E-state index < -0.39 is 52.7 Å². The number of carbonyl (C=O) groups is 2. The maximum atomic E-state index is 13.1. The Morgan fingerprint density at radius 3 is 2.27 bits per heavy atom. The summed E-state index contributed by atoms with van der Waals surface area (Å²) < 4.78 is 61.7. The van der Waals surface area contributed by atoms with Gasteiger partial charge in [-0.1, -0.05) is 29.3 Å². The van der Waals surface area contributed by atoms with Gasteiger partial charge in [0, 0.05) is 22.2 Å². The standard InChI is InChI=1S/C20H13Cl4F5N2O2/c21-12-3-1-8(5-10(12)16(25)26)14-15(20(14,23)24)18(33)31-9-2-4-13(22)11(6-9)17(32)30-7-19(27,28)29/h1-6,14-16H,7H2,(H,30,32)(H,31,33). The normalized spacial score (nSPS) is 19.3. The summed E-state index contributed by atoms with van der Waals surface area (Å²) in [4.78, 5) is 24.8. The van der Waals surface area contributed by atoms with E-state index in [-0.39, 0.29) is 26.9 Å². The van der Waals surface area contributed by atoms with Crippen molar-refractivity contribution >= 4 is 63.9 Å². The molecule has 1 saturated carbocycles. The predicted molar refractivity (Wildman–Crippen MR) is 116 cm³/mol. The van der Waals surface area contributed by atoms with Crippen molar-refractivity contribution in [3.05, 3.63) is 63.1 Å².